The molecule has 24 heavy (non-hydrogen) atoms. The van der Waals surface area contributed by atoms with Gasteiger partial charge in [0.1, 0.15) is 11.2 Å². The van der Waals surface area contributed by atoms with E-state index in [4.69, 9.17) is 8.83 Å². The molecule has 0 radical (unpaired) electrons. The van der Waals surface area contributed by atoms with Crippen LogP contribution in [0.25, 0.3) is 33.5 Å². The highest BCUT2D eigenvalue weighted by atomic mass is 16.4. The van der Waals surface area contributed by atoms with Crippen molar-refractivity contribution in [2.75, 3.05) is 0 Å². The lowest BCUT2D eigenvalue weighted by atomic mass is 10.1. The summed E-state index contributed by atoms with van der Waals surface area (Å²) in [5.74, 6) is -0.365. The van der Waals surface area contributed by atoms with E-state index in [-0.39, 0.29) is 23.1 Å². The first-order valence-electron chi connectivity index (χ1n) is 7.39. The highest BCUT2D eigenvalue weighted by molar-refractivity contribution is 5.92. The average Bonchev–Trinajstić information content (AvgIpc) is 3.07. The molecule has 0 spiro atoms. The lowest BCUT2D eigenvalue weighted by Crippen LogP contribution is -2.10. The van der Waals surface area contributed by atoms with Crippen LogP contribution < -0.4 is 5.56 Å². The van der Waals surface area contributed by atoms with Gasteiger partial charge in [-0.1, -0.05) is 18.2 Å². The number of rotatable bonds is 3. The molecule has 2 N–H and O–H groups in total. The number of hydrogen-bond donors (Lipinski definition) is 2. The van der Waals surface area contributed by atoms with Crippen molar-refractivity contribution >= 4 is 27.9 Å². The molecule has 0 atom stereocenters. The molecule has 0 fully saturated rings. The zero-order valence-electron chi connectivity index (χ0n) is 12.8. The first-order chi connectivity index (χ1) is 11.5. The summed E-state index contributed by atoms with van der Waals surface area (Å²) in [5, 5.41) is 10.3. The summed E-state index contributed by atoms with van der Waals surface area (Å²) >= 11 is 0. The van der Waals surface area contributed by atoms with Crippen molar-refractivity contribution in [1.82, 2.24) is 4.98 Å². The van der Waals surface area contributed by atoms with Gasteiger partial charge in [-0.15, -0.1) is 0 Å². The van der Waals surface area contributed by atoms with Crippen molar-refractivity contribution in [3.63, 3.8) is 0 Å². The fourth-order valence-electron chi connectivity index (χ4n) is 2.92. The SMILES string of the molecule is Cc1cc2oc(-c3cc4ccccc4o3)c(CC(=O)O)c2c(=O)[nH]1. The number of nitrogens with one attached hydrogen (secondary N) is 1. The van der Waals surface area contributed by atoms with E-state index < -0.39 is 5.97 Å². The van der Waals surface area contributed by atoms with Crippen LogP contribution in [0.2, 0.25) is 0 Å². The van der Waals surface area contributed by atoms with Crippen LogP contribution in [0.15, 0.2) is 50.0 Å². The third-order valence-electron chi connectivity index (χ3n) is 3.90. The minimum Gasteiger partial charge on any atom is -0.481 e. The smallest absolute Gasteiger partial charge is 0.307 e. The molecule has 0 aliphatic carbocycles. The van der Waals surface area contributed by atoms with Crippen molar-refractivity contribution in [3.8, 4) is 11.5 Å². The van der Waals surface area contributed by atoms with Gasteiger partial charge in [-0.05, 0) is 19.1 Å². The van der Waals surface area contributed by atoms with Gasteiger partial charge >= 0.3 is 5.97 Å². The van der Waals surface area contributed by atoms with Crippen LogP contribution in [-0.4, -0.2) is 16.1 Å². The molecule has 0 aliphatic rings. The number of para-hydroxylation sites is 1. The Labute approximate surface area is 135 Å². The number of carboxylic acids is 1. The van der Waals surface area contributed by atoms with E-state index in [1.54, 1.807) is 19.1 Å². The number of pyridine rings is 1. The molecule has 0 unspecified atom stereocenters. The second-order valence-corrected chi connectivity index (χ2v) is 5.65. The minimum absolute atomic E-state index is 0.249. The maximum atomic E-state index is 12.3. The number of H-pyrrole nitrogens is 1. The molecule has 120 valence electrons. The van der Waals surface area contributed by atoms with Crippen LogP contribution in [0.4, 0.5) is 0 Å². The highest BCUT2D eigenvalue weighted by Gasteiger charge is 2.23. The van der Waals surface area contributed by atoms with Crippen molar-refractivity contribution in [3.05, 3.63) is 58.0 Å². The first-order valence-corrected chi connectivity index (χ1v) is 7.39. The predicted octanol–water partition coefficient (Wildman–Crippen LogP) is 3.47. The van der Waals surface area contributed by atoms with Gasteiger partial charge in [0, 0.05) is 22.7 Å². The number of carbonyl (C=O) groups is 1. The standard InChI is InChI=1S/C18H13NO5/c1-9-6-13-16(18(22)19-9)11(8-15(20)21)17(24-13)14-7-10-4-2-3-5-12(10)23-14/h2-7H,8H2,1H3,(H,19,22)(H,20,21). The topological polar surface area (TPSA) is 96.4 Å². The lowest BCUT2D eigenvalue weighted by Gasteiger charge is -1.97. The minimum atomic E-state index is -1.05. The van der Waals surface area contributed by atoms with Crippen molar-refractivity contribution < 1.29 is 18.7 Å². The summed E-state index contributed by atoms with van der Waals surface area (Å²) in [6.45, 7) is 1.74. The van der Waals surface area contributed by atoms with Crippen LogP contribution >= 0.6 is 0 Å². The van der Waals surface area contributed by atoms with Gasteiger partial charge in [0.05, 0.1) is 11.8 Å². The zero-order valence-corrected chi connectivity index (χ0v) is 12.8. The third-order valence-corrected chi connectivity index (χ3v) is 3.90. The summed E-state index contributed by atoms with van der Waals surface area (Å²) in [4.78, 5) is 26.2. The number of aromatic nitrogens is 1. The summed E-state index contributed by atoms with van der Waals surface area (Å²) < 4.78 is 11.6. The van der Waals surface area contributed by atoms with Gasteiger partial charge in [0.25, 0.3) is 5.56 Å². The van der Waals surface area contributed by atoms with Gasteiger partial charge in [0.2, 0.25) is 0 Å². The summed E-state index contributed by atoms with van der Waals surface area (Å²) in [5.41, 5.74) is 1.60. The van der Waals surface area contributed by atoms with Gasteiger partial charge in [-0.2, -0.15) is 0 Å². The van der Waals surface area contributed by atoms with Crippen molar-refractivity contribution in [2.45, 2.75) is 13.3 Å². The van der Waals surface area contributed by atoms with Crippen LogP contribution in [0.5, 0.6) is 0 Å². The number of aromatic amines is 1. The third kappa shape index (κ3) is 2.20. The summed E-state index contributed by atoms with van der Waals surface area (Å²) in [6, 6.07) is 10.9. The molecule has 4 rings (SSSR count). The Balaban J connectivity index is 2.04. The van der Waals surface area contributed by atoms with E-state index in [0.717, 1.165) is 5.39 Å². The second-order valence-electron chi connectivity index (χ2n) is 5.65. The van der Waals surface area contributed by atoms with E-state index in [0.29, 0.717) is 28.2 Å². The highest BCUT2D eigenvalue weighted by Crippen LogP contribution is 2.35. The lowest BCUT2D eigenvalue weighted by molar-refractivity contribution is -0.136. The monoisotopic (exact) mass is 323 g/mol. The molecule has 0 amide bonds. The Morgan fingerprint density at radius 3 is 2.71 bits per heavy atom. The Hall–Kier alpha value is -3.28. The molecule has 1 aromatic carbocycles. The van der Waals surface area contributed by atoms with Crippen molar-refractivity contribution in [1.29, 1.82) is 0 Å². The Bertz CT molecular complexity index is 1110. The maximum absolute atomic E-state index is 12.3. The van der Waals surface area contributed by atoms with E-state index >= 15 is 0 Å². The van der Waals surface area contributed by atoms with Gasteiger partial charge in [0.15, 0.2) is 11.5 Å². The Morgan fingerprint density at radius 1 is 1.17 bits per heavy atom. The fourth-order valence-corrected chi connectivity index (χ4v) is 2.92. The Morgan fingerprint density at radius 2 is 1.96 bits per heavy atom. The molecule has 0 saturated heterocycles. The number of aliphatic carboxylic acids is 1. The van der Waals surface area contributed by atoms with Crippen LogP contribution in [-0.2, 0) is 11.2 Å². The van der Waals surface area contributed by atoms with Crippen molar-refractivity contribution in [2.24, 2.45) is 0 Å². The molecule has 0 aliphatic heterocycles. The van der Waals surface area contributed by atoms with Gasteiger partial charge < -0.3 is 18.9 Å². The fraction of sp³-hybridized carbons (Fsp3) is 0.111. The molecule has 0 saturated carbocycles. The van der Waals surface area contributed by atoms with E-state index in [9.17, 15) is 14.7 Å². The van der Waals surface area contributed by atoms with Crippen LogP contribution in [0.3, 0.4) is 0 Å². The molecule has 6 heteroatoms. The average molecular weight is 323 g/mol. The number of fused-ring (bicyclic) bond motifs is 2. The molecular formula is C18H13NO5. The second kappa shape index (κ2) is 5.13. The normalized spacial score (nSPS) is 11.4. The largest absolute Gasteiger partial charge is 0.481 e. The molecular weight excluding hydrogens is 310 g/mol. The predicted molar refractivity (Wildman–Crippen MR) is 88.1 cm³/mol. The van der Waals surface area contributed by atoms with Crippen LogP contribution in [0, 0.1) is 6.92 Å². The van der Waals surface area contributed by atoms with Gasteiger partial charge in [-0.25, -0.2) is 0 Å². The number of carboxylic acid groups (broad SMARTS) is 1. The Kier molecular flexibility index (Phi) is 3.06. The first kappa shape index (κ1) is 14.3. The van der Waals surface area contributed by atoms with Gasteiger partial charge in [-0.3, -0.25) is 9.59 Å². The summed E-state index contributed by atoms with van der Waals surface area (Å²) in [6.07, 6.45) is -0.328. The summed E-state index contributed by atoms with van der Waals surface area (Å²) in [7, 11) is 0. The maximum Gasteiger partial charge on any atom is 0.307 e. The van der Waals surface area contributed by atoms with E-state index in [1.165, 1.54) is 0 Å². The van der Waals surface area contributed by atoms with E-state index in [2.05, 4.69) is 4.98 Å². The molecule has 3 heterocycles. The van der Waals surface area contributed by atoms with Crippen LogP contribution in [0.1, 0.15) is 11.3 Å². The number of hydrogen-bond acceptors (Lipinski definition) is 4. The molecule has 0 bridgehead atoms. The number of aryl methyl sites for hydroxylation is 1. The van der Waals surface area contributed by atoms with E-state index in [1.807, 2.05) is 24.3 Å². The molecule has 4 aromatic rings. The molecule has 6 nitrogen and oxygen atoms in total. The molecule has 3 aromatic heterocycles. The number of benzene rings is 1. The zero-order chi connectivity index (χ0) is 16.8. The quantitative estimate of drug-likeness (QED) is 0.602. The number of furan rings is 2.